The Labute approximate surface area is 113 Å². The van der Waals surface area contributed by atoms with Crippen molar-refractivity contribution in [2.75, 3.05) is 18.1 Å². The first kappa shape index (κ1) is 15.5. The average molecular weight is 317 g/mol. The van der Waals surface area contributed by atoms with Gasteiger partial charge in [-0.3, -0.25) is 0 Å². The smallest absolute Gasteiger partial charge is 0.261 e. The molecule has 0 N–H and O–H groups in total. The predicted octanol–water partition coefficient (Wildman–Crippen LogP) is 3.02. The minimum absolute atomic E-state index is 0.138. The highest BCUT2D eigenvalue weighted by Gasteiger charge is 2.18. The van der Waals surface area contributed by atoms with Gasteiger partial charge in [0.05, 0.1) is 11.5 Å². The summed E-state index contributed by atoms with van der Waals surface area (Å²) >= 11 is 1.56. The lowest BCUT2D eigenvalue weighted by Gasteiger charge is -2.08. The second-order valence-corrected chi connectivity index (χ2v) is 7.16. The molecule has 1 aromatic carbocycles. The fourth-order valence-corrected chi connectivity index (χ4v) is 2.41. The van der Waals surface area contributed by atoms with Gasteiger partial charge in [-0.25, -0.2) is 17.2 Å². The van der Waals surface area contributed by atoms with Crippen LogP contribution in [0.25, 0.3) is 0 Å². The maximum Gasteiger partial charge on any atom is 0.261 e. The Kier molecular flexibility index (Phi) is 5.68. The summed E-state index contributed by atoms with van der Waals surface area (Å²) in [6, 6.07) is 1.27. The van der Waals surface area contributed by atoms with Crippen LogP contribution in [0.3, 0.4) is 0 Å². The second-order valence-electron chi connectivity index (χ2n) is 3.20. The molecule has 102 valence electrons. The molecule has 0 bridgehead atoms. The third kappa shape index (κ3) is 4.29. The zero-order valence-corrected chi connectivity index (χ0v) is 11.8. The van der Waals surface area contributed by atoms with Crippen molar-refractivity contribution in [1.82, 2.24) is 0 Å². The van der Waals surface area contributed by atoms with Gasteiger partial charge in [-0.1, -0.05) is 6.92 Å². The number of benzene rings is 1. The van der Waals surface area contributed by atoms with Crippen LogP contribution in [0.2, 0.25) is 0 Å². The molecule has 0 radical (unpaired) electrons. The van der Waals surface area contributed by atoms with Crippen LogP contribution in [-0.2, 0) is 9.05 Å². The molecule has 0 fully saturated rings. The Morgan fingerprint density at radius 1 is 1.33 bits per heavy atom. The van der Waals surface area contributed by atoms with Gasteiger partial charge in [0, 0.05) is 16.4 Å². The van der Waals surface area contributed by atoms with Crippen molar-refractivity contribution in [3.63, 3.8) is 0 Å². The molecular weight excluding hydrogens is 306 g/mol. The summed E-state index contributed by atoms with van der Waals surface area (Å²) in [5.41, 5.74) is 0. The van der Waals surface area contributed by atoms with Gasteiger partial charge in [0.1, 0.15) is 0 Å². The normalized spacial score (nSPS) is 11.6. The molecule has 0 unspecified atom stereocenters. The second kappa shape index (κ2) is 6.58. The van der Waals surface area contributed by atoms with Gasteiger partial charge in [-0.05, 0) is 17.9 Å². The minimum atomic E-state index is -4.16. The molecule has 0 saturated heterocycles. The standard InChI is InChI=1S/C10H11ClF2O3S2/c1-2-17-4-3-16-10-8(12)5-7(6-9(10)13)18(11,14)15/h5-6H,2-4H2,1H3. The van der Waals surface area contributed by atoms with Gasteiger partial charge < -0.3 is 4.74 Å². The summed E-state index contributed by atoms with van der Waals surface area (Å²) in [7, 11) is 0.834. The maximum absolute atomic E-state index is 13.5. The SMILES string of the molecule is CCSCCOc1c(F)cc(S(=O)(=O)Cl)cc1F. The van der Waals surface area contributed by atoms with Crippen molar-refractivity contribution < 1.29 is 21.9 Å². The molecule has 0 aliphatic heterocycles. The molecule has 0 atom stereocenters. The monoisotopic (exact) mass is 316 g/mol. The molecule has 18 heavy (non-hydrogen) atoms. The molecule has 0 heterocycles. The Morgan fingerprint density at radius 3 is 2.33 bits per heavy atom. The molecule has 3 nitrogen and oxygen atoms in total. The fourth-order valence-electron chi connectivity index (χ4n) is 1.16. The van der Waals surface area contributed by atoms with E-state index in [1.54, 1.807) is 11.8 Å². The summed E-state index contributed by atoms with van der Waals surface area (Å²) in [4.78, 5) is -0.630. The van der Waals surface area contributed by atoms with E-state index in [0.717, 1.165) is 5.75 Å². The van der Waals surface area contributed by atoms with Gasteiger partial charge >= 0.3 is 0 Å². The summed E-state index contributed by atoms with van der Waals surface area (Å²) in [5, 5.41) is 0. The van der Waals surface area contributed by atoms with Crippen molar-refractivity contribution in [3.05, 3.63) is 23.8 Å². The molecule has 0 amide bonds. The number of hydrogen-bond acceptors (Lipinski definition) is 4. The van der Waals surface area contributed by atoms with E-state index in [0.29, 0.717) is 17.9 Å². The van der Waals surface area contributed by atoms with Crippen LogP contribution in [0.1, 0.15) is 6.92 Å². The van der Waals surface area contributed by atoms with Gasteiger partial charge in [0.2, 0.25) is 0 Å². The number of rotatable bonds is 6. The summed E-state index contributed by atoms with van der Waals surface area (Å²) in [6.45, 7) is 2.09. The van der Waals surface area contributed by atoms with E-state index in [2.05, 4.69) is 0 Å². The maximum atomic E-state index is 13.5. The van der Waals surface area contributed by atoms with E-state index in [4.69, 9.17) is 15.4 Å². The summed E-state index contributed by atoms with van der Waals surface area (Å²) < 4.78 is 53.7. The highest BCUT2D eigenvalue weighted by Crippen LogP contribution is 2.27. The Balaban J connectivity index is 2.88. The average Bonchev–Trinajstić information content (AvgIpc) is 2.25. The van der Waals surface area contributed by atoms with Gasteiger partial charge in [0.25, 0.3) is 9.05 Å². The molecule has 0 aliphatic rings. The Morgan fingerprint density at radius 2 is 1.89 bits per heavy atom. The van der Waals surface area contributed by atoms with Crippen LogP contribution in [0, 0.1) is 11.6 Å². The molecule has 0 aliphatic carbocycles. The van der Waals surface area contributed by atoms with Crippen LogP contribution in [-0.4, -0.2) is 26.5 Å². The van der Waals surface area contributed by atoms with Gasteiger partial charge in [0.15, 0.2) is 17.4 Å². The van der Waals surface area contributed by atoms with E-state index in [1.807, 2.05) is 6.92 Å². The van der Waals surface area contributed by atoms with Gasteiger partial charge in [-0.15, -0.1) is 0 Å². The lowest BCUT2D eigenvalue weighted by molar-refractivity contribution is 0.304. The molecule has 8 heteroatoms. The minimum Gasteiger partial charge on any atom is -0.487 e. The fraction of sp³-hybridized carbons (Fsp3) is 0.400. The molecule has 1 aromatic rings. The van der Waals surface area contributed by atoms with Crippen molar-refractivity contribution in [1.29, 1.82) is 0 Å². The van der Waals surface area contributed by atoms with Crippen LogP contribution >= 0.6 is 22.4 Å². The van der Waals surface area contributed by atoms with Crippen LogP contribution < -0.4 is 4.74 Å². The Bertz CT molecular complexity index is 497. The number of thioether (sulfide) groups is 1. The number of halogens is 3. The van der Waals surface area contributed by atoms with Crippen molar-refractivity contribution >= 4 is 31.5 Å². The first-order chi connectivity index (χ1) is 8.36. The molecule has 0 saturated carbocycles. The van der Waals surface area contributed by atoms with Crippen molar-refractivity contribution in [3.8, 4) is 5.75 Å². The van der Waals surface area contributed by atoms with Crippen molar-refractivity contribution in [2.45, 2.75) is 11.8 Å². The molecule has 0 spiro atoms. The van der Waals surface area contributed by atoms with Crippen LogP contribution in [0.4, 0.5) is 8.78 Å². The van der Waals surface area contributed by atoms with E-state index in [-0.39, 0.29) is 6.61 Å². The molecular formula is C10H11ClF2O3S2. The summed E-state index contributed by atoms with van der Waals surface area (Å²) in [5.74, 6) is -1.30. The van der Waals surface area contributed by atoms with Crippen molar-refractivity contribution in [2.24, 2.45) is 0 Å². The third-order valence-electron chi connectivity index (χ3n) is 1.93. The zero-order valence-electron chi connectivity index (χ0n) is 9.45. The molecule has 0 aromatic heterocycles. The molecule has 1 rings (SSSR count). The van der Waals surface area contributed by atoms with Crippen LogP contribution in [0.15, 0.2) is 17.0 Å². The Hall–Kier alpha value is -0.530. The quantitative estimate of drug-likeness (QED) is 0.597. The lowest BCUT2D eigenvalue weighted by atomic mass is 10.3. The van der Waals surface area contributed by atoms with E-state index in [9.17, 15) is 17.2 Å². The highest BCUT2D eigenvalue weighted by molar-refractivity contribution is 8.13. The highest BCUT2D eigenvalue weighted by atomic mass is 35.7. The van der Waals surface area contributed by atoms with E-state index >= 15 is 0 Å². The number of ether oxygens (including phenoxy) is 1. The van der Waals surface area contributed by atoms with Gasteiger partial charge in [-0.2, -0.15) is 11.8 Å². The number of hydrogen-bond donors (Lipinski definition) is 0. The largest absolute Gasteiger partial charge is 0.487 e. The van der Waals surface area contributed by atoms with E-state index in [1.165, 1.54) is 0 Å². The predicted molar refractivity (Wildman–Crippen MR) is 67.9 cm³/mol. The lowest BCUT2D eigenvalue weighted by Crippen LogP contribution is -2.05. The zero-order chi connectivity index (χ0) is 13.8. The van der Waals surface area contributed by atoms with E-state index < -0.39 is 31.3 Å². The first-order valence-electron chi connectivity index (χ1n) is 5.00. The third-order valence-corrected chi connectivity index (χ3v) is 4.13. The first-order valence-corrected chi connectivity index (χ1v) is 8.47. The van der Waals surface area contributed by atoms with Crippen LogP contribution in [0.5, 0.6) is 5.75 Å². The topological polar surface area (TPSA) is 43.4 Å². The summed E-state index contributed by atoms with van der Waals surface area (Å²) in [6.07, 6.45) is 0.